The van der Waals surface area contributed by atoms with Crippen LogP contribution in [0.5, 0.6) is 0 Å². The number of halogens is 1. The second kappa shape index (κ2) is 10.8. The third-order valence-corrected chi connectivity index (χ3v) is 7.37. The lowest BCUT2D eigenvalue weighted by Gasteiger charge is -2.29. The Kier molecular flexibility index (Phi) is 7.39. The van der Waals surface area contributed by atoms with Crippen LogP contribution in [0, 0.1) is 0 Å². The third kappa shape index (κ3) is 5.47. The molecule has 8 heteroatoms. The van der Waals surface area contributed by atoms with E-state index >= 15 is 0 Å². The van der Waals surface area contributed by atoms with Crippen molar-refractivity contribution in [3.63, 3.8) is 0 Å². The van der Waals surface area contributed by atoms with Gasteiger partial charge in [-0.15, -0.1) is 0 Å². The van der Waals surface area contributed by atoms with Crippen LogP contribution in [0.3, 0.4) is 0 Å². The number of carbonyl (C=O) groups excluding carboxylic acids is 2. The first-order valence-corrected chi connectivity index (χ1v) is 13.0. The molecule has 7 nitrogen and oxygen atoms in total. The lowest BCUT2D eigenvalue weighted by Crippen LogP contribution is -2.37. The minimum Gasteiger partial charge on any atom is -0.348 e. The molecule has 1 aromatic heterocycles. The van der Waals surface area contributed by atoms with E-state index in [9.17, 15) is 9.59 Å². The second-order valence-electron chi connectivity index (χ2n) is 9.72. The normalized spacial score (nSPS) is 16.0. The molecule has 1 N–H and O–H groups in total. The Hall–Kier alpha value is -3.16. The molecule has 2 aliphatic rings. The summed E-state index contributed by atoms with van der Waals surface area (Å²) in [6, 6.07) is 15.2. The van der Waals surface area contributed by atoms with Gasteiger partial charge in [0.1, 0.15) is 0 Å². The molecule has 0 aliphatic carbocycles. The summed E-state index contributed by atoms with van der Waals surface area (Å²) in [5.41, 5.74) is 5.58. The van der Waals surface area contributed by atoms with Crippen LogP contribution in [-0.4, -0.2) is 51.0 Å². The maximum Gasteiger partial charge on any atom is 0.274 e. The van der Waals surface area contributed by atoms with Gasteiger partial charge in [-0.3, -0.25) is 19.2 Å². The van der Waals surface area contributed by atoms with E-state index in [0.29, 0.717) is 29.4 Å². The molecule has 2 aromatic carbocycles. The van der Waals surface area contributed by atoms with Gasteiger partial charge in [-0.1, -0.05) is 35.9 Å². The average molecular weight is 506 g/mol. The van der Waals surface area contributed by atoms with Gasteiger partial charge in [0.25, 0.3) is 11.8 Å². The van der Waals surface area contributed by atoms with Crippen LogP contribution < -0.4 is 5.32 Å². The van der Waals surface area contributed by atoms with E-state index in [4.69, 9.17) is 11.6 Å². The van der Waals surface area contributed by atoms with E-state index in [0.717, 1.165) is 62.1 Å². The summed E-state index contributed by atoms with van der Waals surface area (Å²) in [6.45, 7) is 4.46. The molecule has 3 aromatic rings. The molecule has 2 amide bonds. The number of nitrogens with one attached hydrogen (secondary N) is 1. The molecule has 0 saturated carbocycles. The number of fused-ring (bicyclic) bond motifs is 1. The number of aromatic nitrogens is 2. The Balaban J connectivity index is 1.21. The van der Waals surface area contributed by atoms with Gasteiger partial charge in [-0.05, 0) is 54.7 Å². The summed E-state index contributed by atoms with van der Waals surface area (Å²) in [6.07, 6.45) is 4.21. The second-order valence-corrected chi connectivity index (χ2v) is 10.2. The van der Waals surface area contributed by atoms with Gasteiger partial charge >= 0.3 is 0 Å². The van der Waals surface area contributed by atoms with Gasteiger partial charge in [-0.2, -0.15) is 5.10 Å². The fraction of sp³-hybridized carbons (Fsp3) is 0.393. The molecule has 5 rings (SSSR count). The standard InChI is InChI=1S/C28H32ClN5O2/c1-32-25-12-15-33(19-24(25)26(31-32)28(36)34-13-3-2-4-14-34)18-20-8-10-22(11-9-20)27(35)30-17-21-6-5-7-23(29)16-21/h5-11,16H,2-4,12-15,17-19H2,1H3,(H,30,35). The minimum atomic E-state index is -0.111. The number of carbonyl (C=O) groups is 2. The van der Waals surface area contributed by atoms with Gasteiger partial charge in [-0.25, -0.2) is 0 Å². The monoisotopic (exact) mass is 505 g/mol. The Morgan fingerprint density at radius 3 is 2.53 bits per heavy atom. The van der Waals surface area contributed by atoms with Crippen molar-refractivity contribution in [2.75, 3.05) is 19.6 Å². The molecule has 36 heavy (non-hydrogen) atoms. The molecule has 0 radical (unpaired) electrons. The molecule has 3 heterocycles. The van der Waals surface area contributed by atoms with E-state index in [1.807, 2.05) is 65.2 Å². The number of amides is 2. The van der Waals surface area contributed by atoms with Crippen molar-refractivity contribution in [3.05, 3.63) is 87.2 Å². The lowest BCUT2D eigenvalue weighted by atomic mass is 10.0. The Labute approximate surface area is 217 Å². The van der Waals surface area contributed by atoms with Gasteiger partial charge in [0.05, 0.1) is 0 Å². The summed E-state index contributed by atoms with van der Waals surface area (Å²) in [4.78, 5) is 30.1. The SMILES string of the molecule is Cn1nc(C(=O)N2CCCCC2)c2c1CCN(Cc1ccc(C(=O)NCc3cccc(Cl)c3)cc1)C2. The molecule has 1 fully saturated rings. The van der Waals surface area contributed by atoms with Crippen LogP contribution in [-0.2, 0) is 33.1 Å². The number of rotatable bonds is 6. The highest BCUT2D eigenvalue weighted by Crippen LogP contribution is 2.25. The number of nitrogens with zero attached hydrogens (tertiary/aromatic N) is 4. The number of piperidine rings is 1. The van der Waals surface area contributed by atoms with Gasteiger partial charge < -0.3 is 10.2 Å². The summed E-state index contributed by atoms with van der Waals surface area (Å²) in [7, 11) is 1.94. The van der Waals surface area contributed by atoms with Gasteiger partial charge in [0, 0.05) is 74.6 Å². The van der Waals surface area contributed by atoms with Crippen molar-refractivity contribution in [1.29, 1.82) is 0 Å². The van der Waals surface area contributed by atoms with Crippen molar-refractivity contribution in [1.82, 2.24) is 24.9 Å². The van der Waals surface area contributed by atoms with E-state index in [2.05, 4.69) is 15.3 Å². The maximum atomic E-state index is 13.2. The molecule has 0 spiro atoms. The highest BCUT2D eigenvalue weighted by atomic mass is 35.5. The zero-order chi connectivity index (χ0) is 25.1. The van der Waals surface area contributed by atoms with Crippen LogP contribution in [0.4, 0.5) is 0 Å². The average Bonchev–Trinajstić information content (AvgIpc) is 3.23. The van der Waals surface area contributed by atoms with Crippen molar-refractivity contribution in [3.8, 4) is 0 Å². The molecule has 2 aliphatic heterocycles. The quantitative estimate of drug-likeness (QED) is 0.545. The molecular weight excluding hydrogens is 474 g/mol. The zero-order valence-corrected chi connectivity index (χ0v) is 21.4. The molecule has 0 bridgehead atoms. The fourth-order valence-electron chi connectivity index (χ4n) is 5.15. The lowest BCUT2D eigenvalue weighted by molar-refractivity contribution is 0.0714. The zero-order valence-electron chi connectivity index (χ0n) is 20.7. The van der Waals surface area contributed by atoms with E-state index in [-0.39, 0.29) is 11.8 Å². The van der Waals surface area contributed by atoms with E-state index < -0.39 is 0 Å². The molecule has 0 atom stereocenters. The summed E-state index contributed by atoms with van der Waals surface area (Å²) >= 11 is 6.02. The number of aryl methyl sites for hydroxylation is 1. The third-order valence-electron chi connectivity index (χ3n) is 7.13. The molecular formula is C28H32ClN5O2. The number of hydrogen-bond donors (Lipinski definition) is 1. The number of hydrogen-bond acceptors (Lipinski definition) is 4. The van der Waals surface area contributed by atoms with Gasteiger partial charge in [0.15, 0.2) is 5.69 Å². The highest BCUT2D eigenvalue weighted by molar-refractivity contribution is 6.30. The largest absolute Gasteiger partial charge is 0.348 e. The molecule has 0 unspecified atom stereocenters. The minimum absolute atomic E-state index is 0.0709. The van der Waals surface area contributed by atoms with Crippen molar-refractivity contribution in [2.24, 2.45) is 7.05 Å². The van der Waals surface area contributed by atoms with Crippen molar-refractivity contribution >= 4 is 23.4 Å². The van der Waals surface area contributed by atoms with E-state index in [1.165, 1.54) is 12.1 Å². The molecule has 1 saturated heterocycles. The highest BCUT2D eigenvalue weighted by Gasteiger charge is 2.30. The first-order chi connectivity index (χ1) is 17.5. The number of likely N-dealkylation sites (tertiary alicyclic amines) is 1. The Morgan fingerprint density at radius 1 is 1.00 bits per heavy atom. The van der Waals surface area contributed by atoms with Gasteiger partial charge in [0.2, 0.25) is 0 Å². The predicted molar refractivity (Wildman–Crippen MR) is 140 cm³/mol. The summed E-state index contributed by atoms with van der Waals surface area (Å²) < 4.78 is 1.89. The smallest absolute Gasteiger partial charge is 0.274 e. The maximum absolute atomic E-state index is 13.2. The Bertz CT molecular complexity index is 1250. The van der Waals surface area contributed by atoms with Crippen LogP contribution in [0.1, 0.15) is 62.5 Å². The molecule has 188 valence electrons. The van der Waals surface area contributed by atoms with Crippen LogP contribution >= 0.6 is 11.6 Å². The predicted octanol–water partition coefficient (Wildman–Crippen LogP) is 4.19. The van der Waals surface area contributed by atoms with Crippen molar-refractivity contribution in [2.45, 2.75) is 45.3 Å². The van der Waals surface area contributed by atoms with Crippen LogP contribution in [0.15, 0.2) is 48.5 Å². The van der Waals surface area contributed by atoms with Crippen molar-refractivity contribution < 1.29 is 9.59 Å². The number of benzene rings is 2. The van der Waals surface area contributed by atoms with Crippen LogP contribution in [0.25, 0.3) is 0 Å². The van der Waals surface area contributed by atoms with Crippen LogP contribution in [0.2, 0.25) is 5.02 Å². The summed E-state index contributed by atoms with van der Waals surface area (Å²) in [5.74, 6) is -0.0399. The first kappa shape index (κ1) is 24.5. The first-order valence-electron chi connectivity index (χ1n) is 12.7. The summed E-state index contributed by atoms with van der Waals surface area (Å²) in [5, 5.41) is 8.24. The fourth-order valence-corrected chi connectivity index (χ4v) is 5.37. The van der Waals surface area contributed by atoms with E-state index in [1.54, 1.807) is 0 Å². The Morgan fingerprint density at radius 2 is 1.78 bits per heavy atom. The topological polar surface area (TPSA) is 70.5 Å².